The van der Waals surface area contributed by atoms with Crippen LogP contribution in [0.3, 0.4) is 0 Å². The van der Waals surface area contributed by atoms with Crippen LogP contribution in [0.15, 0.2) is 24.3 Å². The zero-order valence-electron chi connectivity index (χ0n) is 15.8. The number of hydrogen-bond donors (Lipinski definition) is 0. The van der Waals surface area contributed by atoms with Crippen molar-refractivity contribution in [3.63, 3.8) is 0 Å². The molecule has 0 saturated carbocycles. The predicted molar refractivity (Wildman–Crippen MR) is 99.8 cm³/mol. The van der Waals surface area contributed by atoms with Gasteiger partial charge in [0.1, 0.15) is 5.75 Å². The van der Waals surface area contributed by atoms with Crippen molar-refractivity contribution in [3.05, 3.63) is 24.3 Å². The molecule has 25 heavy (non-hydrogen) atoms. The number of carbonyl (C=O) groups is 2. The first-order valence-corrected chi connectivity index (χ1v) is 9.32. The highest BCUT2D eigenvalue weighted by molar-refractivity contribution is 6.00. The fraction of sp³-hybridized carbons (Fsp3) is 0.600. The van der Waals surface area contributed by atoms with E-state index in [1.807, 2.05) is 43.0 Å². The van der Waals surface area contributed by atoms with E-state index in [1.54, 1.807) is 4.90 Å². The average Bonchev–Trinajstić information content (AvgIpc) is 2.96. The number of anilines is 1. The quantitative estimate of drug-likeness (QED) is 0.724. The molecule has 0 spiro atoms. The van der Waals surface area contributed by atoms with Gasteiger partial charge in [-0.3, -0.25) is 9.59 Å². The molecule has 1 aromatic rings. The maximum Gasteiger partial charge on any atom is 0.228 e. The van der Waals surface area contributed by atoms with Gasteiger partial charge in [0.15, 0.2) is 0 Å². The van der Waals surface area contributed by atoms with E-state index < -0.39 is 0 Å². The van der Waals surface area contributed by atoms with Crippen LogP contribution in [-0.4, -0.2) is 42.5 Å². The zero-order valence-corrected chi connectivity index (χ0v) is 15.8. The van der Waals surface area contributed by atoms with Crippen LogP contribution in [0.25, 0.3) is 0 Å². The number of carbonyl (C=O) groups excluding carboxylic acids is 2. The van der Waals surface area contributed by atoms with Gasteiger partial charge in [-0.25, -0.2) is 0 Å². The van der Waals surface area contributed by atoms with E-state index in [9.17, 15) is 9.59 Å². The Morgan fingerprint density at radius 2 is 1.80 bits per heavy atom. The van der Waals surface area contributed by atoms with E-state index in [0.29, 0.717) is 13.0 Å². The third-order valence-corrected chi connectivity index (χ3v) is 4.29. The van der Waals surface area contributed by atoms with Crippen molar-refractivity contribution in [3.8, 4) is 5.75 Å². The van der Waals surface area contributed by atoms with Crippen LogP contribution >= 0.6 is 0 Å². The van der Waals surface area contributed by atoms with Crippen LogP contribution in [0.1, 0.15) is 47.0 Å². The summed E-state index contributed by atoms with van der Waals surface area (Å²) in [6.45, 7) is 10.1. The van der Waals surface area contributed by atoms with Gasteiger partial charge in [-0.05, 0) is 51.0 Å². The Labute approximate surface area is 150 Å². The summed E-state index contributed by atoms with van der Waals surface area (Å²) >= 11 is 0. The Hall–Kier alpha value is -2.04. The van der Waals surface area contributed by atoms with Crippen molar-refractivity contribution >= 4 is 17.5 Å². The first-order valence-electron chi connectivity index (χ1n) is 9.32. The molecule has 1 aromatic carbocycles. The molecule has 0 bridgehead atoms. The highest BCUT2D eigenvalue weighted by Crippen LogP contribution is 2.28. The van der Waals surface area contributed by atoms with Gasteiger partial charge in [0, 0.05) is 31.7 Å². The molecule has 0 radical (unpaired) electrons. The van der Waals surface area contributed by atoms with E-state index in [0.717, 1.165) is 37.4 Å². The maximum atomic E-state index is 12.8. The highest BCUT2D eigenvalue weighted by atomic mass is 16.5. The monoisotopic (exact) mass is 346 g/mol. The van der Waals surface area contributed by atoms with Crippen molar-refractivity contribution in [2.24, 2.45) is 5.92 Å². The van der Waals surface area contributed by atoms with Gasteiger partial charge < -0.3 is 14.5 Å². The zero-order chi connectivity index (χ0) is 18.4. The number of benzene rings is 1. The number of nitrogens with zero attached hydrogens (tertiary/aromatic N) is 2. The van der Waals surface area contributed by atoms with E-state index in [1.165, 1.54) is 0 Å². The van der Waals surface area contributed by atoms with Crippen LogP contribution in [0, 0.1) is 5.92 Å². The van der Waals surface area contributed by atoms with Crippen molar-refractivity contribution < 1.29 is 14.3 Å². The maximum absolute atomic E-state index is 12.8. The van der Waals surface area contributed by atoms with Gasteiger partial charge in [-0.2, -0.15) is 0 Å². The van der Waals surface area contributed by atoms with Gasteiger partial charge in [-0.15, -0.1) is 0 Å². The molecule has 2 rings (SSSR count). The average molecular weight is 346 g/mol. The van der Waals surface area contributed by atoms with Crippen molar-refractivity contribution in [1.29, 1.82) is 0 Å². The Bertz CT molecular complexity index is 577. The third-order valence-electron chi connectivity index (χ3n) is 4.29. The summed E-state index contributed by atoms with van der Waals surface area (Å²) < 4.78 is 5.64. The summed E-state index contributed by atoms with van der Waals surface area (Å²) in [6.07, 6.45) is 2.29. The summed E-state index contributed by atoms with van der Waals surface area (Å²) in [7, 11) is 0. The molecular weight excluding hydrogens is 316 g/mol. The minimum atomic E-state index is -0.239. The molecule has 0 N–H and O–H groups in total. The molecule has 1 heterocycles. The molecule has 1 atom stereocenters. The van der Waals surface area contributed by atoms with Gasteiger partial charge >= 0.3 is 0 Å². The van der Waals surface area contributed by atoms with E-state index in [2.05, 4.69) is 13.8 Å². The smallest absolute Gasteiger partial charge is 0.228 e. The molecule has 2 amide bonds. The highest BCUT2D eigenvalue weighted by Gasteiger charge is 2.36. The molecule has 0 aliphatic carbocycles. The van der Waals surface area contributed by atoms with E-state index in [4.69, 9.17) is 4.74 Å². The Morgan fingerprint density at radius 1 is 1.20 bits per heavy atom. The summed E-state index contributed by atoms with van der Waals surface area (Å²) in [5.41, 5.74) is 0.828. The first-order chi connectivity index (χ1) is 12.0. The standard InChI is InChI=1S/C20H30N2O3/c1-5-11-21(12-6-2)20(24)16-13-19(23)22(14-16)17-7-9-18(10-8-17)25-15(3)4/h7-10,15-16H,5-6,11-14H2,1-4H3. The fourth-order valence-electron chi connectivity index (χ4n) is 3.23. The lowest BCUT2D eigenvalue weighted by Gasteiger charge is -2.25. The van der Waals surface area contributed by atoms with Crippen LogP contribution in [-0.2, 0) is 9.59 Å². The number of rotatable bonds is 8. The van der Waals surface area contributed by atoms with Crippen molar-refractivity contribution in [2.75, 3.05) is 24.5 Å². The fourth-order valence-corrected chi connectivity index (χ4v) is 3.23. The van der Waals surface area contributed by atoms with Crippen molar-refractivity contribution in [2.45, 2.75) is 53.1 Å². The molecule has 138 valence electrons. The van der Waals surface area contributed by atoms with E-state index in [-0.39, 0.29) is 23.8 Å². The lowest BCUT2D eigenvalue weighted by molar-refractivity contribution is -0.135. The SMILES string of the molecule is CCCN(CCC)C(=O)C1CC(=O)N(c2ccc(OC(C)C)cc2)C1. The van der Waals surface area contributed by atoms with Crippen LogP contribution in [0.2, 0.25) is 0 Å². The molecule has 1 saturated heterocycles. The lowest BCUT2D eigenvalue weighted by atomic mass is 10.1. The molecule has 1 fully saturated rings. The second-order valence-electron chi connectivity index (χ2n) is 6.89. The normalized spacial score (nSPS) is 17.2. The van der Waals surface area contributed by atoms with Gasteiger partial charge in [0.25, 0.3) is 0 Å². The first kappa shape index (κ1) is 19.3. The molecule has 1 unspecified atom stereocenters. The number of ether oxygens (including phenoxy) is 1. The number of hydrogen-bond acceptors (Lipinski definition) is 3. The lowest BCUT2D eigenvalue weighted by Crippen LogP contribution is -2.38. The predicted octanol–water partition coefficient (Wildman–Crippen LogP) is 3.48. The minimum absolute atomic E-state index is 0.0174. The molecule has 1 aliphatic heterocycles. The van der Waals surface area contributed by atoms with Crippen LogP contribution in [0.4, 0.5) is 5.69 Å². The number of amides is 2. The molecule has 5 heteroatoms. The van der Waals surface area contributed by atoms with Crippen LogP contribution < -0.4 is 9.64 Å². The second-order valence-corrected chi connectivity index (χ2v) is 6.89. The molecule has 0 aromatic heterocycles. The van der Waals surface area contributed by atoms with Gasteiger partial charge in [0.2, 0.25) is 11.8 Å². The minimum Gasteiger partial charge on any atom is -0.491 e. The summed E-state index contributed by atoms with van der Waals surface area (Å²) in [6, 6.07) is 7.52. The van der Waals surface area contributed by atoms with Gasteiger partial charge in [0.05, 0.1) is 12.0 Å². The van der Waals surface area contributed by atoms with Gasteiger partial charge in [-0.1, -0.05) is 13.8 Å². The Morgan fingerprint density at radius 3 is 2.32 bits per heavy atom. The Kier molecular flexibility index (Phi) is 6.85. The van der Waals surface area contributed by atoms with Crippen molar-refractivity contribution in [1.82, 2.24) is 4.90 Å². The van der Waals surface area contributed by atoms with E-state index >= 15 is 0 Å². The molecular formula is C20H30N2O3. The molecule has 1 aliphatic rings. The second kappa shape index (κ2) is 8.88. The largest absolute Gasteiger partial charge is 0.491 e. The van der Waals surface area contributed by atoms with Crippen LogP contribution in [0.5, 0.6) is 5.75 Å². The topological polar surface area (TPSA) is 49.9 Å². The Balaban J connectivity index is 2.05. The third kappa shape index (κ3) is 4.97. The summed E-state index contributed by atoms with van der Waals surface area (Å²) in [4.78, 5) is 28.8. The molecule has 5 nitrogen and oxygen atoms in total. The summed E-state index contributed by atoms with van der Waals surface area (Å²) in [5, 5.41) is 0. The summed E-state index contributed by atoms with van der Waals surface area (Å²) in [5.74, 6) is 0.676.